The first kappa shape index (κ1) is 18.3. The quantitative estimate of drug-likeness (QED) is 0.733. The number of carbonyl (C=O) groups excluding carboxylic acids is 2. The molecule has 0 aliphatic carbocycles. The number of nitrogens with zero attached hydrogens (tertiary/aromatic N) is 1. The van der Waals surface area contributed by atoms with E-state index in [4.69, 9.17) is 11.6 Å². The van der Waals surface area contributed by atoms with Gasteiger partial charge in [0.25, 0.3) is 0 Å². The number of amides is 3. The van der Waals surface area contributed by atoms with Gasteiger partial charge < -0.3 is 5.32 Å². The molecule has 0 radical (unpaired) electrons. The average molecular weight is 403 g/mol. The van der Waals surface area contributed by atoms with E-state index in [9.17, 15) is 9.59 Å². The summed E-state index contributed by atoms with van der Waals surface area (Å²) in [6.45, 7) is 0.493. The second-order valence-electron chi connectivity index (χ2n) is 6.44. The van der Waals surface area contributed by atoms with Crippen molar-refractivity contribution in [1.29, 1.82) is 0 Å². The van der Waals surface area contributed by atoms with E-state index in [1.807, 2.05) is 42.5 Å². The lowest BCUT2D eigenvalue weighted by atomic mass is 9.99. The van der Waals surface area contributed by atoms with Gasteiger partial charge in [-0.15, -0.1) is 11.8 Å². The monoisotopic (exact) mass is 402 g/mol. The molecule has 2 fully saturated rings. The first-order valence-electron chi connectivity index (χ1n) is 8.67. The highest BCUT2D eigenvalue weighted by Gasteiger charge is 2.44. The average Bonchev–Trinajstić information content (AvgIpc) is 2.67. The standard InChI is InChI=1S/C19H19ClN4O2S/c20-13-6-4-5-12(9-13)11-27-18-21-10-15-16(22-18)23-19(26)24(17(15)25)14-7-2-1-3-8-14/h1-9,15-16,18,21-22H,10-11H2,(H,23,26). The van der Waals surface area contributed by atoms with Crippen LogP contribution in [0.25, 0.3) is 0 Å². The highest BCUT2D eigenvalue weighted by Crippen LogP contribution is 2.26. The number of para-hydroxylation sites is 1. The maximum atomic E-state index is 12.9. The zero-order chi connectivity index (χ0) is 18.8. The number of hydrogen-bond donors (Lipinski definition) is 3. The first-order chi connectivity index (χ1) is 13.1. The van der Waals surface area contributed by atoms with Crippen LogP contribution in [0, 0.1) is 5.92 Å². The topological polar surface area (TPSA) is 73.5 Å². The third-order valence-corrected chi connectivity index (χ3v) is 5.97. The van der Waals surface area contributed by atoms with Crippen molar-refractivity contribution >= 4 is 41.0 Å². The lowest BCUT2D eigenvalue weighted by Crippen LogP contribution is -2.72. The molecule has 0 spiro atoms. The summed E-state index contributed by atoms with van der Waals surface area (Å²) in [4.78, 5) is 26.6. The van der Waals surface area contributed by atoms with Gasteiger partial charge in [0.1, 0.15) is 5.50 Å². The Balaban J connectivity index is 1.40. The van der Waals surface area contributed by atoms with Crippen molar-refractivity contribution in [3.05, 3.63) is 65.2 Å². The number of imide groups is 1. The molecule has 3 amide bonds. The molecule has 0 aromatic heterocycles. The molecule has 2 heterocycles. The Hall–Kier alpha value is -2.06. The van der Waals surface area contributed by atoms with Gasteiger partial charge >= 0.3 is 6.03 Å². The van der Waals surface area contributed by atoms with Crippen LogP contribution < -0.4 is 20.9 Å². The van der Waals surface area contributed by atoms with Gasteiger partial charge in [-0.05, 0) is 29.8 Å². The van der Waals surface area contributed by atoms with Crippen LogP contribution in [0.15, 0.2) is 54.6 Å². The predicted molar refractivity (Wildman–Crippen MR) is 107 cm³/mol. The zero-order valence-electron chi connectivity index (χ0n) is 14.4. The molecule has 0 bridgehead atoms. The summed E-state index contributed by atoms with van der Waals surface area (Å²) in [7, 11) is 0. The fourth-order valence-electron chi connectivity index (χ4n) is 3.26. The van der Waals surface area contributed by atoms with E-state index in [0.29, 0.717) is 17.3 Å². The second-order valence-corrected chi connectivity index (χ2v) is 7.97. The van der Waals surface area contributed by atoms with Crippen LogP contribution in [0.1, 0.15) is 5.56 Å². The van der Waals surface area contributed by atoms with Crippen molar-refractivity contribution in [3.8, 4) is 0 Å². The Morgan fingerprint density at radius 1 is 1.11 bits per heavy atom. The molecule has 2 aliphatic rings. The molecule has 3 N–H and O–H groups in total. The maximum Gasteiger partial charge on any atom is 0.330 e. The summed E-state index contributed by atoms with van der Waals surface area (Å²) in [5.41, 5.74) is 1.63. The largest absolute Gasteiger partial charge is 0.330 e. The smallest absolute Gasteiger partial charge is 0.321 e. The molecule has 6 nitrogen and oxygen atoms in total. The van der Waals surface area contributed by atoms with Gasteiger partial charge in [0.15, 0.2) is 0 Å². The van der Waals surface area contributed by atoms with Crippen LogP contribution >= 0.6 is 23.4 Å². The van der Waals surface area contributed by atoms with E-state index >= 15 is 0 Å². The number of nitrogens with one attached hydrogen (secondary N) is 3. The Morgan fingerprint density at radius 3 is 2.70 bits per heavy atom. The predicted octanol–water partition coefficient (Wildman–Crippen LogP) is 2.75. The van der Waals surface area contributed by atoms with Crippen LogP contribution in [0.5, 0.6) is 0 Å². The van der Waals surface area contributed by atoms with E-state index < -0.39 is 6.03 Å². The molecule has 27 heavy (non-hydrogen) atoms. The second kappa shape index (κ2) is 7.90. The summed E-state index contributed by atoms with van der Waals surface area (Å²) in [5.74, 6) is 0.208. The molecule has 2 aromatic carbocycles. The van der Waals surface area contributed by atoms with Crippen molar-refractivity contribution in [1.82, 2.24) is 16.0 Å². The molecule has 8 heteroatoms. The van der Waals surface area contributed by atoms with Gasteiger partial charge in [0.05, 0.1) is 17.8 Å². The normalized spacial score (nSPS) is 25.1. The molecule has 3 atom stereocenters. The lowest BCUT2D eigenvalue weighted by Gasteiger charge is -2.43. The van der Waals surface area contributed by atoms with Crippen molar-refractivity contribution in [2.75, 3.05) is 11.4 Å². The van der Waals surface area contributed by atoms with Gasteiger partial charge in [0.2, 0.25) is 5.91 Å². The number of thioether (sulfide) groups is 1. The zero-order valence-corrected chi connectivity index (χ0v) is 16.0. The minimum atomic E-state index is -0.402. The Labute approximate surface area is 166 Å². The van der Waals surface area contributed by atoms with Gasteiger partial charge in [-0.1, -0.05) is 41.9 Å². The number of benzene rings is 2. The van der Waals surface area contributed by atoms with Crippen LogP contribution in [-0.4, -0.2) is 30.1 Å². The highest BCUT2D eigenvalue weighted by molar-refractivity contribution is 7.99. The van der Waals surface area contributed by atoms with E-state index in [-0.39, 0.29) is 23.5 Å². The SMILES string of the molecule is O=C1NC2NC(SCc3cccc(Cl)c3)NCC2C(=O)N1c1ccccc1. The fraction of sp³-hybridized carbons (Fsp3) is 0.263. The molecule has 4 rings (SSSR count). The molecule has 2 saturated heterocycles. The van der Waals surface area contributed by atoms with E-state index in [1.54, 1.807) is 23.9 Å². The minimum Gasteiger partial charge on any atom is -0.321 e. The molecule has 3 unspecified atom stereocenters. The number of halogens is 1. The van der Waals surface area contributed by atoms with E-state index in [1.165, 1.54) is 4.90 Å². The summed E-state index contributed by atoms with van der Waals surface area (Å²) in [5, 5.41) is 10.3. The van der Waals surface area contributed by atoms with Crippen LogP contribution in [0.3, 0.4) is 0 Å². The number of fused-ring (bicyclic) bond motifs is 1. The minimum absolute atomic E-state index is 0.0680. The summed E-state index contributed by atoms with van der Waals surface area (Å²) in [6, 6.07) is 16.3. The van der Waals surface area contributed by atoms with Gasteiger partial charge in [0, 0.05) is 17.3 Å². The van der Waals surface area contributed by atoms with Crippen LogP contribution in [-0.2, 0) is 10.5 Å². The highest BCUT2D eigenvalue weighted by atomic mass is 35.5. The van der Waals surface area contributed by atoms with Crippen LogP contribution in [0.4, 0.5) is 10.5 Å². The number of urea groups is 1. The lowest BCUT2D eigenvalue weighted by molar-refractivity contribution is -0.124. The van der Waals surface area contributed by atoms with Crippen molar-refractivity contribution < 1.29 is 9.59 Å². The molecule has 2 aliphatic heterocycles. The number of anilines is 1. The summed E-state index contributed by atoms with van der Waals surface area (Å²) in [6.07, 6.45) is -0.386. The summed E-state index contributed by atoms with van der Waals surface area (Å²) < 4.78 is 0. The van der Waals surface area contributed by atoms with Gasteiger partial charge in [-0.2, -0.15) is 0 Å². The van der Waals surface area contributed by atoms with Gasteiger partial charge in [-0.25, -0.2) is 9.69 Å². The Kier molecular flexibility index (Phi) is 5.36. The fourth-order valence-corrected chi connectivity index (χ4v) is 4.47. The number of carbonyl (C=O) groups is 2. The van der Waals surface area contributed by atoms with Crippen molar-refractivity contribution in [2.24, 2.45) is 5.92 Å². The molecular weight excluding hydrogens is 384 g/mol. The molecule has 2 aromatic rings. The number of hydrogen-bond acceptors (Lipinski definition) is 5. The molecular formula is C19H19ClN4O2S. The van der Waals surface area contributed by atoms with E-state index in [0.717, 1.165) is 11.3 Å². The van der Waals surface area contributed by atoms with Crippen LogP contribution in [0.2, 0.25) is 5.02 Å². The third kappa shape index (κ3) is 3.96. The Bertz CT molecular complexity index is 851. The van der Waals surface area contributed by atoms with Crippen molar-refractivity contribution in [2.45, 2.75) is 17.4 Å². The van der Waals surface area contributed by atoms with Crippen molar-refractivity contribution in [3.63, 3.8) is 0 Å². The van der Waals surface area contributed by atoms with E-state index in [2.05, 4.69) is 16.0 Å². The van der Waals surface area contributed by atoms with Gasteiger partial charge in [-0.3, -0.25) is 15.4 Å². The summed E-state index contributed by atoms with van der Waals surface area (Å²) >= 11 is 7.68. The number of rotatable bonds is 4. The third-order valence-electron chi connectivity index (χ3n) is 4.60. The molecule has 140 valence electrons. The first-order valence-corrected chi connectivity index (χ1v) is 10.1. The Morgan fingerprint density at radius 2 is 1.93 bits per heavy atom. The molecule has 0 saturated carbocycles. The maximum absolute atomic E-state index is 12.9.